The highest BCUT2D eigenvalue weighted by atomic mass is 16.5. The van der Waals surface area contributed by atoms with E-state index in [1.165, 1.54) is 6.33 Å². The van der Waals surface area contributed by atoms with Crippen molar-refractivity contribution in [2.75, 3.05) is 6.61 Å². The van der Waals surface area contributed by atoms with Gasteiger partial charge in [-0.2, -0.15) is 15.2 Å². The summed E-state index contributed by atoms with van der Waals surface area (Å²) < 4.78 is 9.04. The zero-order chi connectivity index (χ0) is 30.8. The van der Waals surface area contributed by atoms with Crippen LogP contribution in [0.1, 0.15) is 56.0 Å². The Morgan fingerprint density at radius 2 is 1.77 bits per heavy atom. The van der Waals surface area contributed by atoms with E-state index in [2.05, 4.69) is 27.5 Å². The lowest BCUT2D eigenvalue weighted by Gasteiger charge is -2.18. The lowest BCUT2D eigenvalue weighted by Crippen LogP contribution is -2.29. The van der Waals surface area contributed by atoms with Crippen molar-refractivity contribution in [1.29, 1.82) is 0 Å². The van der Waals surface area contributed by atoms with Crippen LogP contribution >= 0.6 is 0 Å². The van der Waals surface area contributed by atoms with Crippen LogP contribution in [0.15, 0.2) is 89.0 Å². The number of carbonyl (C=O) groups excluding carboxylic acids is 1. The summed E-state index contributed by atoms with van der Waals surface area (Å²) in [6.45, 7) is 5.56. The van der Waals surface area contributed by atoms with E-state index < -0.39 is 5.60 Å². The lowest BCUT2D eigenvalue weighted by atomic mass is 9.91. The molecule has 0 fully saturated rings. The van der Waals surface area contributed by atoms with Crippen molar-refractivity contribution in [3.63, 3.8) is 0 Å². The average molecular weight is 591 g/mol. The Balaban J connectivity index is 1.44. The number of fused-ring (bicyclic) bond motifs is 1. The zero-order valence-corrected chi connectivity index (χ0v) is 24.9. The third-order valence-electron chi connectivity index (χ3n) is 7.47. The molecule has 0 bridgehead atoms. The Morgan fingerprint density at radius 3 is 2.45 bits per heavy atom. The van der Waals surface area contributed by atoms with E-state index in [0.717, 1.165) is 34.4 Å². The Morgan fingerprint density at radius 1 is 1.00 bits per heavy atom. The summed E-state index contributed by atoms with van der Waals surface area (Å²) in [6.07, 6.45) is 3.48. The smallest absolute Gasteiger partial charge is 0.263 e. The largest absolute Gasteiger partial charge is 0.491 e. The summed E-state index contributed by atoms with van der Waals surface area (Å²) in [5, 5.41) is 18.8. The van der Waals surface area contributed by atoms with E-state index in [1.807, 2.05) is 48.5 Å². The highest BCUT2D eigenvalue weighted by Gasteiger charge is 2.23. The van der Waals surface area contributed by atoms with E-state index in [-0.39, 0.29) is 24.5 Å². The molecule has 224 valence electrons. The van der Waals surface area contributed by atoms with E-state index in [9.17, 15) is 14.7 Å². The molecule has 0 saturated heterocycles. The molecular formula is C34H34N6O4. The third-order valence-corrected chi connectivity index (χ3v) is 7.47. The quantitative estimate of drug-likeness (QED) is 0.248. The van der Waals surface area contributed by atoms with Gasteiger partial charge in [-0.05, 0) is 67.3 Å². The maximum Gasteiger partial charge on any atom is 0.263 e. The maximum absolute atomic E-state index is 14.3. The SMILES string of the molecule is CCCc1c(Cc2ccc(-c3ccccc3)c(C3=NNC(=O)C3)c2)c(=O)n(-c2ccc(OCC(C)(C)O)cc2)c2ncnn12. The zero-order valence-electron chi connectivity index (χ0n) is 24.9. The number of aliphatic hydroxyl groups is 1. The Labute approximate surface area is 254 Å². The summed E-state index contributed by atoms with van der Waals surface area (Å²) >= 11 is 0. The van der Waals surface area contributed by atoms with Gasteiger partial charge in [0.25, 0.3) is 5.56 Å². The number of nitrogens with one attached hydrogen (secondary N) is 1. The van der Waals surface area contributed by atoms with Gasteiger partial charge in [0, 0.05) is 17.5 Å². The van der Waals surface area contributed by atoms with Crippen molar-refractivity contribution >= 4 is 17.4 Å². The first-order chi connectivity index (χ1) is 21.2. The summed E-state index contributed by atoms with van der Waals surface area (Å²) in [5.74, 6) is 0.862. The van der Waals surface area contributed by atoms with Crippen LogP contribution in [0, 0.1) is 0 Å². The number of nitrogens with zero attached hydrogens (tertiary/aromatic N) is 5. The monoisotopic (exact) mass is 590 g/mol. The second-order valence-electron chi connectivity index (χ2n) is 11.6. The average Bonchev–Trinajstić information content (AvgIpc) is 3.68. The lowest BCUT2D eigenvalue weighted by molar-refractivity contribution is -0.119. The highest BCUT2D eigenvalue weighted by molar-refractivity contribution is 6.16. The van der Waals surface area contributed by atoms with Gasteiger partial charge < -0.3 is 9.84 Å². The molecule has 0 radical (unpaired) electrons. The van der Waals surface area contributed by atoms with Crippen LogP contribution in [-0.2, 0) is 17.6 Å². The first kappa shape index (κ1) is 29.0. The van der Waals surface area contributed by atoms with Gasteiger partial charge in [0.2, 0.25) is 11.7 Å². The van der Waals surface area contributed by atoms with Crippen LogP contribution in [0.4, 0.5) is 0 Å². The van der Waals surface area contributed by atoms with Crippen LogP contribution in [0.5, 0.6) is 5.75 Å². The normalized spacial score (nSPS) is 13.3. The van der Waals surface area contributed by atoms with E-state index in [4.69, 9.17) is 4.74 Å². The molecule has 0 saturated carbocycles. The van der Waals surface area contributed by atoms with Gasteiger partial charge in [0.05, 0.1) is 29.1 Å². The van der Waals surface area contributed by atoms with Crippen molar-refractivity contribution in [2.24, 2.45) is 5.10 Å². The van der Waals surface area contributed by atoms with Crippen LogP contribution in [-0.4, -0.2) is 48.1 Å². The van der Waals surface area contributed by atoms with Crippen LogP contribution in [0.25, 0.3) is 22.6 Å². The molecule has 1 amide bonds. The topological polar surface area (TPSA) is 123 Å². The fourth-order valence-electron chi connectivity index (χ4n) is 5.44. The molecule has 2 N–H and O–H groups in total. The minimum atomic E-state index is -0.969. The van der Waals surface area contributed by atoms with Gasteiger partial charge in [0.15, 0.2) is 0 Å². The number of aryl methyl sites for hydroxylation is 1. The molecule has 0 atom stereocenters. The van der Waals surface area contributed by atoms with Gasteiger partial charge in [-0.15, -0.1) is 0 Å². The van der Waals surface area contributed by atoms with Crippen LogP contribution < -0.4 is 15.7 Å². The molecule has 0 spiro atoms. The summed E-state index contributed by atoms with van der Waals surface area (Å²) in [5.41, 5.74) is 7.90. The summed E-state index contributed by atoms with van der Waals surface area (Å²) in [7, 11) is 0. The number of hydrogen-bond donors (Lipinski definition) is 2. The molecule has 3 heterocycles. The first-order valence-electron chi connectivity index (χ1n) is 14.7. The number of ether oxygens (including phenoxy) is 1. The van der Waals surface area contributed by atoms with Gasteiger partial charge in [-0.1, -0.05) is 55.8 Å². The fraction of sp³-hybridized carbons (Fsp3) is 0.265. The third kappa shape index (κ3) is 5.89. The standard InChI is InChI=1S/C34H34N6O4/c1-4-8-30-28(18-22-11-16-26(23-9-6-5-7-10-23)27(17-22)29-19-31(41)38-37-29)32(42)39(33-35-21-36-40(30)33)24-12-14-25(15-13-24)44-20-34(2,3)43/h5-7,9-17,21,43H,4,8,18-20H2,1-3H3,(H,38,41). The van der Waals surface area contributed by atoms with Gasteiger partial charge in [-0.3, -0.25) is 9.59 Å². The highest BCUT2D eigenvalue weighted by Crippen LogP contribution is 2.28. The molecule has 6 rings (SSSR count). The van der Waals surface area contributed by atoms with Crippen molar-refractivity contribution < 1.29 is 14.6 Å². The molecule has 0 aliphatic carbocycles. The van der Waals surface area contributed by atoms with Gasteiger partial charge in [-0.25, -0.2) is 14.5 Å². The number of carbonyl (C=O) groups is 1. The first-order valence-corrected chi connectivity index (χ1v) is 14.7. The molecule has 44 heavy (non-hydrogen) atoms. The molecule has 2 aromatic heterocycles. The predicted octanol–water partition coefficient (Wildman–Crippen LogP) is 4.46. The number of benzene rings is 3. The fourth-order valence-corrected chi connectivity index (χ4v) is 5.44. The predicted molar refractivity (Wildman–Crippen MR) is 168 cm³/mol. The second-order valence-corrected chi connectivity index (χ2v) is 11.6. The van der Waals surface area contributed by atoms with E-state index in [0.29, 0.717) is 41.3 Å². The molecular weight excluding hydrogens is 556 g/mol. The number of hydrazone groups is 1. The van der Waals surface area contributed by atoms with Crippen molar-refractivity contribution in [2.45, 2.75) is 52.1 Å². The van der Waals surface area contributed by atoms with Crippen molar-refractivity contribution in [3.05, 3.63) is 112 Å². The number of amides is 1. The number of hydrogen-bond acceptors (Lipinski definition) is 7. The number of aromatic nitrogens is 4. The second kappa shape index (κ2) is 11.9. The molecule has 1 aliphatic heterocycles. The number of rotatable bonds is 10. The van der Waals surface area contributed by atoms with Crippen LogP contribution in [0.3, 0.4) is 0 Å². The molecule has 5 aromatic rings. The van der Waals surface area contributed by atoms with Gasteiger partial charge >= 0.3 is 0 Å². The van der Waals surface area contributed by atoms with Crippen LogP contribution in [0.2, 0.25) is 0 Å². The van der Waals surface area contributed by atoms with Crippen molar-refractivity contribution in [1.82, 2.24) is 24.6 Å². The maximum atomic E-state index is 14.3. The Hall–Kier alpha value is -5.09. The van der Waals surface area contributed by atoms with E-state index in [1.54, 1.807) is 47.2 Å². The Bertz CT molecular complexity index is 1920. The van der Waals surface area contributed by atoms with Gasteiger partial charge in [0.1, 0.15) is 18.7 Å². The summed E-state index contributed by atoms with van der Waals surface area (Å²) in [4.78, 5) is 30.9. The molecule has 1 aliphatic rings. The molecule has 3 aromatic carbocycles. The van der Waals surface area contributed by atoms with Crippen molar-refractivity contribution in [3.8, 4) is 22.6 Å². The molecule has 10 nitrogen and oxygen atoms in total. The Kier molecular flexibility index (Phi) is 7.84. The minimum Gasteiger partial charge on any atom is -0.491 e. The summed E-state index contributed by atoms with van der Waals surface area (Å²) in [6, 6.07) is 23.2. The molecule has 10 heteroatoms. The minimum absolute atomic E-state index is 0.137. The van der Waals surface area contributed by atoms with E-state index >= 15 is 0 Å². The molecule has 0 unspecified atom stereocenters.